The minimum Gasteiger partial charge on any atom is -0.506 e. The number of amides is 1. The first-order valence-electron chi connectivity index (χ1n) is 6.05. The fourth-order valence-electron chi connectivity index (χ4n) is 1.76. The van der Waals surface area contributed by atoms with Crippen LogP contribution in [0.2, 0.25) is 0 Å². The number of hydrazine groups is 2. The predicted octanol–water partition coefficient (Wildman–Crippen LogP) is 0.714. The van der Waals surface area contributed by atoms with E-state index in [-0.39, 0.29) is 30.4 Å². The van der Waals surface area contributed by atoms with Gasteiger partial charge >= 0.3 is 0 Å². The van der Waals surface area contributed by atoms with Crippen LogP contribution in [-0.2, 0) is 11.3 Å². The zero-order valence-corrected chi connectivity index (χ0v) is 11.3. The van der Waals surface area contributed by atoms with Gasteiger partial charge in [0.15, 0.2) is 5.82 Å². The molecule has 0 saturated carbocycles. The minimum atomic E-state index is -0.617. The number of phenols is 1. The summed E-state index contributed by atoms with van der Waals surface area (Å²) in [5, 5.41) is 12.4. The van der Waals surface area contributed by atoms with Gasteiger partial charge in [0.1, 0.15) is 18.0 Å². The standard InChI is InChI=1S/C10H13FN4O2.C2H6/c1-14-13-9(17)5-15(14)10-7(11)2-6(4-12)3-8(10)16;1-2/h2-3,16H,4-5,12H2,1H3,(H,13,17);1-2H3. The molecule has 1 heterocycles. The zero-order valence-electron chi connectivity index (χ0n) is 11.3. The van der Waals surface area contributed by atoms with Crippen molar-refractivity contribution in [1.29, 1.82) is 0 Å². The van der Waals surface area contributed by atoms with Gasteiger partial charge in [-0.3, -0.25) is 15.2 Å². The van der Waals surface area contributed by atoms with Crippen molar-refractivity contribution in [2.45, 2.75) is 20.4 Å². The Labute approximate surface area is 111 Å². The van der Waals surface area contributed by atoms with E-state index in [0.717, 1.165) is 0 Å². The molecule has 0 atom stereocenters. The largest absolute Gasteiger partial charge is 0.506 e. The van der Waals surface area contributed by atoms with Crippen LogP contribution in [0, 0.1) is 5.82 Å². The second kappa shape index (κ2) is 6.35. The average molecular weight is 270 g/mol. The number of aromatic hydroxyl groups is 1. The van der Waals surface area contributed by atoms with Crippen molar-refractivity contribution in [3.63, 3.8) is 0 Å². The lowest BCUT2D eigenvalue weighted by molar-refractivity contribution is -0.119. The van der Waals surface area contributed by atoms with Gasteiger partial charge in [0.25, 0.3) is 5.91 Å². The summed E-state index contributed by atoms with van der Waals surface area (Å²) in [6, 6.07) is 2.63. The molecule has 7 heteroatoms. The fraction of sp³-hybridized carbons (Fsp3) is 0.417. The van der Waals surface area contributed by atoms with Gasteiger partial charge in [-0.2, -0.15) is 0 Å². The van der Waals surface area contributed by atoms with Crippen LogP contribution in [0.5, 0.6) is 5.75 Å². The first kappa shape index (κ1) is 15.2. The van der Waals surface area contributed by atoms with Gasteiger partial charge in [-0.1, -0.05) is 13.8 Å². The summed E-state index contributed by atoms with van der Waals surface area (Å²) in [7, 11) is 1.56. The van der Waals surface area contributed by atoms with Crippen LogP contribution in [0.25, 0.3) is 0 Å². The van der Waals surface area contributed by atoms with E-state index in [9.17, 15) is 14.3 Å². The molecule has 2 rings (SSSR count). The van der Waals surface area contributed by atoms with Crippen LogP contribution in [0.1, 0.15) is 19.4 Å². The van der Waals surface area contributed by atoms with Crippen molar-refractivity contribution >= 4 is 11.6 Å². The zero-order chi connectivity index (χ0) is 14.6. The topological polar surface area (TPSA) is 81.8 Å². The lowest BCUT2D eigenvalue weighted by Gasteiger charge is -2.25. The number of hydrogen-bond acceptors (Lipinski definition) is 5. The van der Waals surface area contributed by atoms with Gasteiger partial charge in [-0.05, 0) is 17.7 Å². The summed E-state index contributed by atoms with van der Waals surface area (Å²) in [5.41, 5.74) is 8.29. The molecule has 19 heavy (non-hydrogen) atoms. The number of carbonyl (C=O) groups is 1. The van der Waals surface area contributed by atoms with Gasteiger partial charge in [0, 0.05) is 13.6 Å². The Morgan fingerprint density at radius 1 is 1.47 bits per heavy atom. The summed E-state index contributed by atoms with van der Waals surface area (Å²) in [4.78, 5) is 11.2. The van der Waals surface area contributed by atoms with E-state index < -0.39 is 5.82 Å². The van der Waals surface area contributed by atoms with Crippen LogP contribution in [0.4, 0.5) is 10.1 Å². The number of nitrogens with two attached hydrogens (primary N) is 1. The maximum atomic E-state index is 13.8. The summed E-state index contributed by atoms with van der Waals surface area (Å²) in [6.07, 6.45) is 0. The number of carbonyl (C=O) groups excluding carboxylic acids is 1. The van der Waals surface area contributed by atoms with Gasteiger partial charge in [0.05, 0.1) is 0 Å². The highest BCUT2D eigenvalue weighted by Gasteiger charge is 2.29. The third-order valence-electron chi connectivity index (χ3n) is 2.54. The third-order valence-corrected chi connectivity index (χ3v) is 2.54. The second-order valence-corrected chi connectivity index (χ2v) is 3.77. The summed E-state index contributed by atoms with van der Waals surface area (Å²) >= 11 is 0. The molecule has 0 spiro atoms. The molecule has 0 bridgehead atoms. The van der Waals surface area contributed by atoms with E-state index in [1.54, 1.807) is 7.05 Å². The molecule has 1 amide bonds. The van der Waals surface area contributed by atoms with E-state index in [1.165, 1.54) is 22.3 Å². The van der Waals surface area contributed by atoms with Gasteiger partial charge in [-0.15, -0.1) is 5.12 Å². The molecule has 1 aromatic carbocycles. The number of anilines is 1. The van der Waals surface area contributed by atoms with Crippen molar-refractivity contribution in [2.24, 2.45) is 5.73 Å². The Kier molecular flexibility index (Phi) is 5.08. The van der Waals surface area contributed by atoms with E-state index in [4.69, 9.17) is 5.73 Å². The van der Waals surface area contributed by atoms with Crippen molar-refractivity contribution < 1.29 is 14.3 Å². The molecule has 1 saturated heterocycles. The predicted molar refractivity (Wildman–Crippen MR) is 70.6 cm³/mol. The van der Waals surface area contributed by atoms with E-state index >= 15 is 0 Å². The first-order valence-corrected chi connectivity index (χ1v) is 6.05. The van der Waals surface area contributed by atoms with Gasteiger partial charge in [-0.25, -0.2) is 4.39 Å². The second-order valence-electron chi connectivity index (χ2n) is 3.77. The number of nitrogens with one attached hydrogen (secondary N) is 1. The normalized spacial score (nSPS) is 15.0. The first-order chi connectivity index (χ1) is 9.02. The van der Waals surface area contributed by atoms with Crippen LogP contribution in [-0.4, -0.2) is 29.7 Å². The Balaban J connectivity index is 0.000000861. The summed E-state index contributed by atoms with van der Waals surface area (Å²) in [5.74, 6) is -1.13. The highest BCUT2D eigenvalue weighted by Crippen LogP contribution is 2.32. The molecule has 6 nitrogen and oxygen atoms in total. The molecular weight excluding hydrogens is 251 g/mol. The van der Waals surface area contributed by atoms with E-state index in [0.29, 0.717) is 5.56 Å². The Morgan fingerprint density at radius 2 is 2.11 bits per heavy atom. The smallest absolute Gasteiger partial charge is 0.256 e. The highest BCUT2D eigenvalue weighted by molar-refractivity contribution is 5.84. The van der Waals surface area contributed by atoms with Crippen molar-refractivity contribution in [3.8, 4) is 5.75 Å². The molecule has 4 N–H and O–H groups in total. The lowest BCUT2D eigenvalue weighted by Crippen LogP contribution is -2.39. The Bertz CT molecular complexity index is 444. The Hall–Kier alpha value is -1.86. The molecule has 0 aromatic heterocycles. The number of nitrogens with zero attached hydrogens (tertiary/aromatic N) is 2. The number of hydrogen-bond donors (Lipinski definition) is 3. The molecular formula is C12H19FN4O2. The van der Waals surface area contributed by atoms with Crippen molar-refractivity contribution in [3.05, 3.63) is 23.5 Å². The minimum absolute atomic E-state index is 0.0387. The monoisotopic (exact) mass is 270 g/mol. The third kappa shape index (κ3) is 3.12. The molecule has 106 valence electrons. The molecule has 1 fully saturated rings. The molecule has 0 aliphatic carbocycles. The summed E-state index contributed by atoms with van der Waals surface area (Å²) < 4.78 is 13.8. The van der Waals surface area contributed by atoms with Crippen LogP contribution in [0.15, 0.2) is 12.1 Å². The maximum Gasteiger partial charge on any atom is 0.256 e. The number of rotatable bonds is 2. The van der Waals surface area contributed by atoms with Crippen LogP contribution < -0.4 is 16.2 Å². The van der Waals surface area contributed by atoms with E-state index in [2.05, 4.69) is 5.43 Å². The highest BCUT2D eigenvalue weighted by atomic mass is 19.1. The quantitative estimate of drug-likeness (QED) is 0.737. The average Bonchev–Trinajstić information content (AvgIpc) is 2.70. The van der Waals surface area contributed by atoms with E-state index in [1.807, 2.05) is 13.8 Å². The van der Waals surface area contributed by atoms with Crippen LogP contribution >= 0.6 is 0 Å². The molecule has 0 unspecified atom stereocenters. The number of halogens is 1. The summed E-state index contributed by atoms with van der Waals surface area (Å²) in [6.45, 7) is 4.10. The Morgan fingerprint density at radius 3 is 2.53 bits per heavy atom. The van der Waals surface area contributed by atoms with Crippen molar-refractivity contribution in [1.82, 2.24) is 10.5 Å². The van der Waals surface area contributed by atoms with Crippen LogP contribution in [0.3, 0.4) is 0 Å². The molecule has 0 radical (unpaired) electrons. The lowest BCUT2D eigenvalue weighted by atomic mass is 10.1. The van der Waals surface area contributed by atoms with Crippen molar-refractivity contribution in [2.75, 3.05) is 18.6 Å². The van der Waals surface area contributed by atoms with Gasteiger partial charge < -0.3 is 10.8 Å². The number of benzene rings is 1. The fourth-order valence-corrected chi connectivity index (χ4v) is 1.76. The molecule has 1 aliphatic heterocycles. The maximum absolute atomic E-state index is 13.8. The molecule has 1 aromatic rings. The SMILES string of the molecule is CC.CN1NC(=O)CN1c1c(O)cc(CN)cc1F. The number of phenolic OH excluding ortho intramolecular Hbond substituents is 1. The molecule has 1 aliphatic rings. The van der Waals surface area contributed by atoms with Gasteiger partial charge in [0.2, 0.25) is 0 Å².